The van der Waals surface area contributed by atoms with Gasteiger partial charge in [0.15, 0.2) is 0 Å². The van der Waals surface area contributed by atoms with E-state index in [4.69, 9.17) is 4.74 Å². The predicted octanol–water partition coefficient (Wildman–Crippen LogP) is 1.93. The van der Waals surface area contributed by atoms with Gasteiger partial charge in [0.1, 0.15) is 5.60 Å². The van der Waals surface area contributed by atoms with Gasteiger partial charge in [0.05, 0.1) is 12.1 Å². The van der Waals surface area contributed by atoms with E-state index >= 15 is 0 Å². The molecular formula is C12H21NO3. The topological polar surface area (TPSA) is 49.8 Å². The van der Waals surface area contributed by atoms with Gasteiger partial charge in [-0.25, -0.2) is 4.79 Å². The molecule has 92 valence electrons. The maximum absolute atomic E-state index is 11.9. The van der Waals surface area contributed by atoms with E-state index in [1.165, 1.54) is 0 Å². The lowest BCUT2D eigenvalue weighted by atomic mass is 9.99. The molecule has 1 amide bonds. The Balaban J connectivity index is 2.69. The molecule has 0 bridgehead atoms. The van der Waals surface area contributed by atoms with Crippen LogP contribution in [-0.4, -0.2) is 40.4 Å². The predicted molar refractivity (Wildman–Crippen MR) is 62.2 cm³/mol. The van der Waals surface area contributed by atoms with E-state index in [0.29, 0.717) is 13.0 Å². The summed E-state index contributed by atoms with van der Waals surface area (Å²) >= 11 is 0. The molecule has 0 unspecified atom stereocenters. The summed E-state index contributed by atoms with van der Waals surface area (Å²) in [5.74, 6) is 0. The van der Waals surface area contributed by atoms with Gasteiger partial charge in [-0.2, -0.15) is 0 Å². The number of aliphatic hydroxyl groups excluding tert-OH is 1. The number of rotatable bonds is 1. The number of nitrogens with zero attached hydrogens (tertiary/aromatic N) is 1. The fourth-order valence-corrected chi connectivity index (χ4v) is 1.82. The van der Waals surface area contributed by atoms with Crippen molar-refractivity contribution in [3.63, 3.8) is 0 Å². The third kappa shape index (κ3) is 3.23. The highest BCUT2D eigenvalue weighted by molar-refractivity contribution is 5.69. The van der Waals surface area contributed by atoms with Gasteiger partial charge in [0, 0.05) is 6.54 Å². The van der Waals surface area contributed by atoms with Crippen molar-refractivity contribution in [1.82, 2.24) is 4.90 Å². The van der Waals surface area contributed by atoms with Crippen LogP contribution < -0.4 is 0 Å². The van der Waals surface area contributed by atoms with Crippen LogP contribution in [0.25, 0.3) is 0 Å². The van der Waals surface area contributed by atoms with E-state index in [0.717, 1.165) is 6.42 Å². The van der Waals surface area contributed by atoms with Crippen LogP contribution in [0.5, 0.6) is 0 Å². The average molecular weight is 227 g/mol. The Hall–Kier alpha value is -1.03. The SMILES string of the molecule is C=C[C@@H]1[C@@H](O)CCCN1C(=O)OC(C)(C)C. The Bertz CT molecular complexity index is 270. The van der Waals surface area contributed by atoms with Crippen LogP contribution in [0.15, 0.2) is 12.7 Å². The highest BCUT2D eigenvalue weighted by Crippen LogP contribution is 2.21. The fourth-order valence-electron chi connectivity index (χ4n) is 1.82. The molecule has 1 N–H and O–H groups in total. The first-order valence-electron chi connectivity index (χ1n) is 5.65. The summed E-state index contributed by atoms with van der Waals surface area (Å²) < 4.78 is 5.29. The molecule has 0 aromatic rings. The lowest BCUT2D eigenvalue weighted by molar-refractivity contribution is -0.0114. The lowest BCUT2D eigenvalue weighted by Gasteiger charge is -2.37. The molecule has 1 fully saturated rings. The van der Waals surface area contributed by atoms with Crippen molar-refractivity contribution in [2.75, 3.05) is 6.54 Å². The molecule has 4 nitrogen and oxygen atoms in total. The number of carbonyl (C=O) groups is 1. The van der Waals surface area contributed by atoms with Crippen LogP contribution in [0, 0.1) is 0 Å². The van der Waals surface area contributed by atoms with Gasteiger partial charge >= 0.3 is 6.09 Å². The Kier molecular flexibility index (Phi) is 3.97. The molecular weight excluding hydrogens is 206 g/mol. The first-order valence-corrected chi connectivity index (χ1v) is 5.65. The molecule has 2 atom stereocenters. The first-order chi connectivity index (χ1) is 7.35. The monoisotopic (exact) mass is 227 g/mol. The van der Waals surface area contributed by atoms with Crippen LogP contribution in [0.2, 0.25) is 0 Å². The molecule has 1 saturated heterocycles. The molecule has 1 rings (SSSR count). The van der Waals surface area contributed by atoms with Gasteiger partial charge in [-0.15, -0.1) is 6.58 Å². The molecule has 16 heavy (non-hydrogen) atoms. The van der Waals surface area contributed by atoms with E-state index < -0.39 is 11.7 Å². The maximum atomic E-state index is 11.9. The van der Waals surface area contributed by atoms with Crippen molar-refractivity contribution >= 4 is 6.09 Å². The molecule has 0 radical (unpaired) electrons. The normalized spacial score (nSPS) is 26.4. The highest BCUT2D eigenvalue weighted by Gasteiger charge is 2.33. The van der Waals surface area contributed by atoms with Gasteiger partial charge in [0.2, 0.25) is 0 Å². The van der Waals surface area contributed by atoms with Crippen LogP contribution in [-0.2, 0) is 4.74 Å². The number of hydrogen-bond acceptors (Lipinski definition) is 3. The molecule has 1 heterocycles. The largest absolute Gasteiger partial charge is 0.444 e. The van der Waals surface area contributed by atoms with E-state index in [2.05, 4.69) is 6.58 Å². The minimum Gasteiger partial charge on any atom is -0.444 e. The Labute approximate surface area is 96.9 Å². The molecule has 0 aromatic heterocycles. The second kappa shape index (κ2) is 4.87. The maximum Gasteiger partial charge on any atom is 0.410 e. The van der Waals surface area contributed by atoms with Gasteiger partial charge < -0.3 is 9.84 Å². The molecule has 4 heteroatoms. The number of amides is 1. The third-order valence-corrected chi connectivity index (χ3v) is 2.52. The Morgan fingerprint density at radius 3 is 2.69 bits per heavy atom. The number of hydrogen-bond donors (Lipinski definition) is 1. The van der Waals surface area contributed by atoms with E-state index in [1.807, 2.05) is 20.8 Å². The molecule has 0 saturated carbocycles. The first kappa shape index (κ1) is 13.0. The van der Waals surface area contributed by atoms with Gasteiger partial charge in [-0.1, -0.05) is 6.08 Å². The summed E-state index contributed by atoms with van der Waals surface area (Å²) in [6, 6.07) is -0.330. The number of aliphatic hydroxyl groups is 1. The lowest BCUT2D eigenvalue weighted by Crippen LogP contribution is -2.51. The van der Waals surface area contributed by atoms with Gasteiger partial charge in [-0.05, 0) is 33.6 Å². The second-order valence-corrected chi connectivity index (χ2v) is 5.11. The number of ether oxygens (including phenoxy) is 1. The van der Waals surface area contributed by atoms with Gasteiger partial charge in [0.25, 0.3) is 0 Å². The van der Waals surface area contributed by atoms with Crippen molar-refractivity contribution < 1.29 is 14.6 Å². The minimum absolute atomic E-state index is 0.330. The van der Waals surface area contributed by atoms with Crippen LogP contribution in [0.3, 0.4) is 0 Å². The van der Waals surface area contributed by atoms with Crippen molar-refractivity contribution in [2.24, 2.45) is 0 Å². The second-order valence-electron chi connectivity index (χ2n) is 5.11. The third-order valence-electron chi connectivity index (χ3n) is 2.52. The summed E-state index contributed by atoms with van der Waals surface area (Å²) in [6.07, 6.45) is 2.20. The summed E-state index contributed by atoms with van der Waals surface area (Å²) in [6.45, 7) is 9.75. The van der Waals surface area contributed by atoms with Crippen molar-refractivity contribution in [1.29, 1.82) is 0 Å². The van der Waals surface area contributed by atoms with Crippen molar-refractivity contribution in [3.05, 3.63) is 12.7 Å². The molecule has 0 aromatic carbocycles. The number of likely N-dealkylation sites (tertiary alicyclic amines) is 1. The highest BCUT2D eigenvalue weighted by atomic mass is 16.6. The minimum atomic E-state index is -0.529. The van der Waals surface area contributed by atoms with E-state index in [-0.39, 0.29) is 12.1 Å². The van der Waals surface area contributed by atoms with Crippen LogP contribution in [0.1, 0.15) is 33.6 Å². The van der Waals surface area contributed by atoms with E-state index in [1.54, 1.807) is 11.0 Å². The summed E-state index contributed by atoms with van der Waals surface area (Å²) in [5, 5.41) is 9.77. The molecule has 0 aliphatic carbocycles. The standard InChI is InChI=1S/C12H21NO3/c1-5-9-10(14)7-6-8-13(9)11(15)16-12(2,3)4/h5,9-10,14H,1,6-8H2,2-4H3/t9-,10+/m1/s1. The quantitative estimate of drug-likeness (QED) is 0.696. The Morgan fingerprint density at radius 1 is 1.56 bits per heavy atom. The van der Waals surface area contributed by atoms with Gasteiger partial charge in [-0.3, -0.25) is 4.90 Å². The zero-order valence-electron chi connectivity index (χ0n) is 10.3. The zero-order valence-corrected chi connectivity index (χ0v) is 10.3. The van der Waals surface area contributed by atoms with Crippen LogP contribution >= 0.6 is 0 Å². The summed E-state index contributed by atoms with van der Waals surface area (Å²) in [4.78, 5) is 13.4. The smallest absolute Gasteiger partial charge is 0.410 e. The fraction of sp³-hybridized carbons (Fsp3) is 0.750. The van der Waals surface area contributed by atoms with Crippen molar-refractivity contribution in [3.8, 4) is 0 Å². The molecule has 1 aliphatic rings. The molecule has 1 aliphatic heterocycles. The number of carbonyl (C=O) groups excluding carboxylic acids is 1. The summed E-state index contributed by atoms with van der Waals surface area (Å²) in [7, 11) is 0. The van der Waals surface area contributed by atoms with Crippen molar-refractivity contribution in [2.45, 2.75) is 51.4 Å². The van der Waals surface area contributed by atoms with E-state index in [9.17, 15) is 9.90 Å². The average Bonchev–Trinajstić information content (AvgIpc) is 2.14. The number of piperidine rings is 1. The van der Waals surface area contributed by atoms with Crippen LogP contribution in [0.4, 0.5) is 4.79 Å². The summed E-state index contributed by atoms with van der Waals surface area (Å²) in [5.41, 5.74) is -0.509. The Morgan fingerprint density at radius 2 is 2.19 bits per heavy atom. The zero-order chi connectivity index (χ0) is 12.3. The molecule has 0 spiro atoms.